The van der Waals surface area contributed by atoms with Gasteiger partial charge in [0, 0.05) is 126 Å². The van der Waals surface area contributed by atoms with Crippen LogP contribution in [0.25, 0.3) is 0 Å². The first-order valence-electron chi connectivity index (χ1n) is 51.4. The minimum atomic E-state index is -4.07. The van der Waals surface area contributed by atoms with Crippen molar-refractivity contribution in [3.63, 3.8) is 0 Å². The van der Waals surface area contributed by atoms with E-state index >= 15 is 0 Å². The molecular formula is C106H228F6N12O. The highest BCUT2D eigenvalue weighted by Gasteiger charge is 2.47. The highest BCUT2D eigenvalue weighted by Crippen LogP contribution is 2.35. The van der Waals surface area contributed by atoms with Crippen LogP contribution in [0, 0.1) is 76.9 Å². The van der Waals surface area contributed by atoms with Gasteiger partial charge in [0.05, 0.1) is 18.1 Å². The number of hydrogen-bond donors (Lipinski definition) is 3. The Kier molecular flexibility index (Phi) is 76.8. The number of nitrogens with zero attached hydrogens (tertiary/aromatic N) is 10. The van der Waals surface area contributed by atoms with Crippen molar-refractivity contribution in [3.8, 4) is 0 Å². The molecule has 0 radical (unpaired) electrons. The van der Waals surface area contributed by atoms with Gasteiger partial charge in [0.25, 0.3) is 0 Å². The van der Waals surface area contributed by atoms with E-state index in [4.69, 9.17) is 0 Å². The molecule has 0 aromatic heterocycles. The third-order valence-corrected chi connectivity index (χ3v) is 25.4. The highest BCUT2D eigenvalue weighted by molar-refractivity contribution is 4.93. The number of piperidine rings is 6. The van der Waals surface area contributed by atoms with Crippen LogP contribution in [0.3, 0.4) is 0 Å². The molecule has 9 saturated heterocycles. The van der Waals surface area contributed by atoms with Crippen molar-refractivity contribution in [2.24, 2.45) is 76.9 Å². The van der Waals surface area contributed by atoms with Crippen LogP contribution in [0.1, 0.15) is 380 Å². The van der Waals surface area contributed by atoms with Crippen LogP contribution in [0.15, 0.2) is 0 Å². The molecule has 0 aromatic rings. The Morgan fingerprint density at radius 2 is 0.816 bits per heavy atom. The predicted octanol–water partition coefficient (Wildman–Crippen LogP) is 26.0. The lowest BCUT2D eigenvalue weighted by molar-refractivity contribution is -0.209. The number of halogens is 6. The van der Waals surface area contributed by atoms with Crippen LogP contribution in [0.4, 0.5) is 26.3 Å². The maximum absolute atomic E-state index is 12.0. The molecule has 4 atom stereocenters. The molecule has 0 amide bonds. The molecule has 0 bridgehead atoms. The van der Waals surface area contributed by atoms with Crippen molar-refractivity contribution >= 4 is 0 Å². The number of rotatable bonds is 26. The minimum Gasteiger partial charge on any atom is -0.388 e. The number of aliphatic hydroxyl groups is 1. The molecular weight excluding hydrogens is 1570 g/mol. The summed E-state index contributed by atoms with van der Waals surface area (Å²) in [4.78, 5) is 24.7. The van der Waals surface area contributed by atoms with Crippen LogP contribution in [-0.4, -0.2) is 291 Å². The molecule has 9 fully saturated rings. The van der Waals surface area contributed by atoms with Crippen molar-refractivity contribution in [2.45, 2.75) is 439 Å². The molecule has 125 heavy (non-hydrogen) atoms. The van der Waals surface area contributed by atoms with Gasteiger partial charge in [0.1, 0.15) is 0 Å². The minimum absolute atomic E-state index is 0. The molecule has 9 rings (SSSR count). The molecule has 9 aliphatic heterocycles. The van der Waals surface area contributed by atoms with Crippen molar-refractivity contribution in [1.82, 2.24) is 59.6 Å². The molecule has 19 heteroatoms. The molecule has 0 aromatic carbocycles. The third kappa shape index (κ3) is 72.2. The monoisotopic (exact) mass is 1800 g/mol. The van der Waals surface area contributed by atoms with Gasteiger partial charge < -0.3 is 50.0 Å². The van der Waals surface area contributed by atoms with Crippen molar-refractivity contribution in [2.75, 3.05) is 177 Å². The summed E-state index contributed by atoms with van der Waals surface area (Å²) < 4.78 is 70.3. The molecule has 4 unspecified atom stereocenters. The zero-order valence-corrected chi connectivity index (χ0v) is 89.2. The Labute approximate surface area is 780 Å². The molecule has 3 N–H and O–H groups in total. The van der Waals surface area contributed by atoms with Crippen molar-refractivity contribution in [1.29, 1.82) is 0 Å². The zero-order valence-electron chi connectivity index (χ0n) is 89.2. The lowest BCUT2D eigenvalue weighted by Crippen LogP contribution is -2.60. The SMILES string of the molecule is C.C.CC(C)C(C)N1CCCCC1.CC(C)C(C)N1CCCCC1(C)C.CC(C)CN1CC(C(F)(F)F)C1.CC(C)CN1CC(C)(O)C1.CC(C)CN1CC(C)C1.CC(C)CN1CCCCC1.CC(C)CN1CCCCC1(C)C.CC(C)CN1CCCCC1C.CC(C)CNCC(F)(F)F.CC(C)N1CCCCC1.CCN(C)CC(C)C.CCNC(C)C(C)C. The Balaban J connectivity index is -0.000000419. The lowest BCUT2D eigenvalue weighted by atomic mass is 9.87. The van der Waals surface area contributed by atoms with Gasteiger partial charge in [-0.25, -0.2) is 0 Å². The Morgan fingerprint density at radius 3 is 1.14 bits per heavy atom. The normalized spacial score (nSPS) is 21.4. The van der Waals surface area contributed by atoms with Gasteiger partial charge in [-0.2, -0.15) is 26.3 Å². The summed E-state index contributed by atoms with van der Waals surface area (Å²) in [7, 11) is 2.15. The first kappa shape index (κ1) is 133. The van der Waals surface area contributed by atoms with Gasteiger partial charge in [-0.1, -0.05) is 226 Å². The quantitative estimate of drug-likeness (QED) is 0.0721. The Morgan fingerprint density at radius 1 is 0.416 bits per heavy atom. The van der Waals surface area contributed by atoms with E-state index in [1.807, 2.05) is 39.5 Å². The third-order valence-electron chi connectivity index (χ3n) is 25.4. The summed E-state index contributed by atoms with van der Waals surface area (Å²) in [5, 5.41) is 15.0. The first-order chi connectivity index (χ1) is 56.8. The van der Waals surface area contributed by atoms with Crippen molar-refractivity contribution in [3.05, 3.63) is 0 Å². The highest BCUT2D eigenvalue weighted by atomic mass is 19.4. The van der Waals surface area contributed by atoms with Gasteiger partial charge in [0.2, 0.25) is 0 Å². The Hall–Kier alpha value is -0.940. The fraction of sp³-hybridized carbons (Fsp3) is 1.00. The molecule has 13 nitrogen and oxygen atoms in total. The second kappa shape index (κ2) is 72.5. The number of nitrogens with one attached hydrogen (secondary N) is 2. The summed E-state index contributed by atoms with van der Waals surface area (Å²) >= 11 is 0. The zero-order chi connectivity index (χ0) is 95.2. The second-order valence-corrected chi connectivity index (χ2v) is 45.4. The van der Waals surface area contributed by atoms with Gasteiger partial charge in [-0.05, 0) is 310 Å². The Bertz CT molecular complexity index is 2330. The van der Waals surface area contributed by atoms with E-state index in [-0.39, 0.29) is 33.9 Å². The van der Waals surface area contributed by atoms with E-state index in [1.165, 1.54) is 220 Å². The lowest BCUT2D eigenvalue weighted by Gasteiger charge is -2.47. The summed E-state index contributed by atoms with van der Waals surface area (Å²) in [5.41, 5.74) is 0.499. The standard InChI is InChI=1S/C12H25N.C11H23N.2C10H21N.C9H19N.C8H14F3N.C8H17NO.2C8H17N.2C7H17N.C6H12F3N.2CH4/c1-10(2)11(3)13-9-7-6-8-12(13,4)5;1-10(2)9-12-8-6-5-7-11(12,3)4;1-9(2)8-11-7-5-4-6-10(11)3;1-9(2)10(3)11-7-5-4-6-8-11;1-9(2)8-10-6-4-3-5-7-10;1-6(2)3-12-4-7(5-12)8(9,10)11;1-7(2)4-9-5-8(3,10)6-9;1-7(2)4-9-5-8(3)6-9;1-8(2)9-6-4-3-5-7-9;1-5-8(4)6-7(2)3;1-5-8-7(4)6(2)3;1-5(2)3-10-4-6(7,8)9;;/h10-11H,6-9H2,1-5H3;10H,5-9H2,1-4H3;2*9-10H,4-8H2,1-3H3;9H,3-8H2,1-2H3;6-7H,3-5H2,1-2H3;7,10H,4-6H2,1-3H3;7-8H,4-6H2,1-3H3;8H,3-7H2,1-2H3;7H,5-6H2,1-4H3;6-8H,5H2,1-4H3;5,10H,3-4H2,1-2H3;2*1H4. The molecule has 760 valence electrons. The van der Waals surface area contributed by atoms with E-state index in [1.54, 1.807) is 0 Å². The molecule has 0 spiro atoms. The van der Waals surface area contributed by atoms with Gasteiger partial charge in [-0.3, -0.25) is 14.7 Å². The molecule has 0 saturated carbocycles. The average molecular weight is 1800 g/mol. The van der Waals surface area contributed by atoms with Crippen LogP contribution in [0.5, 0.6) is 0 Å². The predicted molar refractivity (Wildman–Crippen MR) is 545 cm³/mol. The van der Waals surface area contributed by atoms with Gasteiger partial charge >= 0.3 is 12.4 Å². The first-order valence-corrected chi connectivity index (χ1v) is 51.4. The average Bonchev–Trinajstić information content (AvgIpc) is 0.806. The summed E-state index contributed by atoms with van der Waals surface area (Å²) in [6.45, 7) is 108. The van der Waals surface area contributed by atoms with Crippen LogP contribution in [-0.2, 0) is 0 Å². The van der Waals surface area contributed by atoms with Gasteiger partial charge in [-0.15, -0.1) is 0 Å². The smallest absolute Gasteiger partial charge is 0.388 e. The van der Waals surface area contributed by atoms with E-state index in [0.717, 1.165) is 123 Å². The van der Waals surface area contributed by atoms with E-state index in [0.29, 0.717) is 29.6 Å². The van der Waals surface area contributed by atoms with Crippen LogP contribution >= 0.6 is 0 Å². The van der Waals surface area contributed by atoms with Gasteiger partial charge in [0.15, 0.2) is 0 Å². The summed E-state index contributed by atoms with van der Waals surface area (Å²) in [6.07, 6.45) is 17.4. The number of likely N-dealkylation sites (tertiary alicyclic amines) is 9. The molecule has 9 aliphatic rings. The summed E-state index contributed by atoms with van der Waals surface area (Å²) in [5.74, 6) is 7.81. The number of hydrogen-bond acceptors (Lipinski definition) is 13. The van der Waals surface area contributed by atoms with E-state index in [9.17, 15) is 31.4 Å². The topological polar surface area (TPSA) is 76.7 Å². The summed E-state index contributed by atoms with van der Waals surface area (Å²) in [6, 6.07) is 3.79. The van der Waals surface area contributed by atoms with E-state index in [2.05, 4.69) is 276 Å². The molecule has 0 aliphatic carbocycles. The largest absolute Gasteiger partial charge is 0.401 e. The van der Waals surface area contributed by atoms with Crippen LogP contribution in [0.2, 0.25) is 0 Å². The number of β-amino-alcohol motifs (C(OH)–C–C–N with tert-alkyl or cyclic N) is 1. The fourth-order valence-corrected chi connectivity index (χ4v) is 17.6. The maximum atomic E-state index is 12.0. The maximum Gasteiger partial charge on any atom is 0.401 e. The van der Waals surface area contributed by atoms with E-state index < -0.39 is 30.4 Å². The van der Waals surface area contributed by atoms with Crippen LogP contribution < -0.4 is 10.6 Å². The van der Waals surface area contributed by atoms with Crippen molar-refractivity contribution < 1.29 is 31.4 Å². The molecule has 9 heterocycles. The fourth-order valence-electron chi connectivity index (χ4n) is 17.6. The number of alkyl halides is 6. The second-order valence-electron chi connectivity index (χ2n) is 45.4.